The zero-order valence-corrected chi connectivity index (χ0v) is 11.6. The Morgan fingerprint density at radius 2 is 2.00 bits per heavy atom. The molecule has 1 N–H and O–H groups in total. The lowest BCUT2D eigenvalue weighted by molar-refractivity contribution is 0.865. The smallest absolute Gasteiger partial charge is 0.198 e. The molecule has 1 aromatic carbocycles. The van der Waals surface area contributed by atoms with Crippen molar-refractivity contribution in [3.8, 4) is 11.3 Å². The van der Waals surface area contributed by atoms with Crippen LogP contribution in [0.15, 0.2) is 59.1 Å². The molecule has 0 atom stereocenters. The van der Waals surface area contributed by atoms with Crippen LogP contribution in [0.25, 0.3) is 11.3 Å². The van der Waals surface area contributed by atoms with E-state index in [1.807, 2.05) is 60.3 Å². The Labute approximate surface area is 119 Å². The number of hydrogen-bond acceptors (Lipinski definition) is 3. The Balaban J connectivity index is 1.92. The molecule has 0 spiro atoms. The molecule has 0 saturated carbocycles. The van der Waals surface area contributed by atoms with Gasteiger partial charge in [0.25, 0.3) is 0 Å². The minimum atomic E-state index is 0.589. The van der Waals surface area contributed by atoms with Crippen molar-refractivity contribution in [2.75, 3.05) is 0 Å². The number of imidazole rings is 1. The van der Waals surface area contributed by atoms with E-state index in [0.29, 0.717) is 4.77 Å². The summed E-state index contributed by atoms with van der Waals surface area (Å²) in [5.74, 6) is 0. The van der Waals surface area contributed by atoms with Gasteiger partial charge < -0.3 is 4.98 Å². The van der Waals surface area contributed by atoms with Gasteiger partial charge in [-0.15, -0.1) is 11.3 Å². The largest absolute Gasteiger partial charge is 0.329 e. The highest BCUT2D eigenvalue weighted by Gasteiger charge is 2.01. The molecule has 2 aromatic heterocycles. The number of rotatable bonds is 3. The molecule has 3 aromatic rings. The van der Waals surface area contributed by atoms with Crippen LogP contribution in [0.2, 0.25) is 0 Å². The first kappa shape index (κ1) is 12.1. The summed E-state index contributed by atoms with van der Waals surface area (Å²) in [6, 6.07) is 14.1. The van der Waals surface area contributed by atoms with Gasteiger partial charge in [-0.2, -0.15) is 5.10 Å². The van der Waals surface area contributed by atoms with Crippen molar-refractivity contribution in [3.05, 3.63) is 63.7 Å². The lowest BCUT2D eigenvalue weighted by atomic mass is 10.2. The molecule has 0 aliphatic carbocycles. The predicted molar refractivity (Wildman–Crippen MR) is 82.4 cm³/mol. The molecule has 94 valence electrons. The fraction of sp³-hybridized carbons (Fsp3) is 0. The van der Waals surface area contributed by atoms with Crippen molar-refractivity contribution in [1.29, 1.82) is 0 Å². The first-order valence-corrected chi connectivity index (χ1v) is 7.07. The second-order valence-electron chi connectivity index (χ2n) is 3.94. The van der Waals surface area contributed by atoms with Crippen molar-refractivity contribution in [1.82, 2.24) is 9.66 Å². The predicted octanol–water partition coefficient (Wildman–Crippen LogP) is 4.16. The minimum absolute atomic E-state index is 0.589. The molecule has 3 nitrogen and oxygen atoms in total. The van der Waals surface area contributed by atoms with Gasteiger partial charge in [0.2, 0.25) is 0 Å². The van der Waals surface area contributed by atoms with E-state index >= 15 is 0 Å². The molecule has 0 unspecified atom stereocenters. The van der Waals surface area contributed by atoms with Gasteiger partial charge in [-0.25, -0.2) is 4.68 Å². The molecule has 0 aliphatic heterocycles. The van der Waals surface area contributed by atoms with E-state index in [0.717, 1.165) is 16.1 Å². The maximum atomic E-state index is 5.26. The Kier molecular flexibility index (Phi) is 3.39. The number of benzene rings is 1. The van der Waals surface area contributed by atoms with Crippen LogP contribution < -0.4 is 0 Å². The number of aromatic amines is 1. The SMILES string of the molecule is S=c1[nH]c(-c2ccccc2)cn1N=Cc1cccs1. The van der Waals surface area contributed by atoms with Crippen LogP contribution in [0.4, 0.5) is 0 Å². The number of hydrogen-bond donors (Lipinski definition) is 1. The topological polar surface area (TPSA) is 33.1 Å². The summed E-state index contributed by atoms with van der Waals surface area (Å²) in [6.07, 6.45) is 3.71. The normalized spacial score (nSPS) is 11.2. The van der Waals surface area contributed by atoms with Gasteiger partial charge >= 0.3 is 0 Å². The molecule has 2 heterocycles. The summed E-state index contributed by atoms with van der Waals surface area (Å²) >= 11 is 6.91. The number of aromatic nitrogens is 2. The standard InChI is InChI=1S/C14H11N3S2/c18-14-16-13(11-5-2-1-3-6-11)10-17(14)15-9-12-7-4-8-19-12/h1-10H,(H,16,18). The number of H-pyrrole nitrogens is 1. The Hall–Kier alpha value is -1.98. The van der Waals surface area contributed by atoms with E-state index in [1.54, 1.807) is 16.0 Å². The van der Waals surface area contributed by atoms with Crippen LogP contribution >= 0.6 is 23.6 Å². The van der Waals surface area contributed by atoms with E-state index in [1.165, 1.54) is 0 Å². The van der Waals surface area contributed by atoms with E-state index in [4.69, 9.17) is 12.2 Å². The van der Waals surface area contributed by atoms with Gasteiger partial charge in [-0.05, 0) is 29.2 Å². The third-order valence-electron chi connectivity index (χ3n) is 2.64. The van der Waals surface area contributed by atoms with Crippen LogP contribution in [-0.4, -0.2) is 15.9 Å². The van der Waals surface area contributed by atoms with E-state index < -0.39 is 0 Å². The first-order chi connectivity index (χ1) is 9.33. The van der Waals surface area contributed by atoms with Gasteiger partial charge in [-0.1, -0.05) is 36.4 Å². The highest BCUT2D eigenvalue weighted by atomic mass is 32.1. The molecule has 3 rings (SSSR count). The third-order valence-corrected chi connectivity index (χ3v) is 3.73. The Morgan fingerprint density at radius 3 is 2.74 bits per heavy atom. The molecule has 0 amide bonds. The van der Waals surface area contributed by atoms with Crippen LogP contribution in [0.3, 0.4) is 0 Å². The van der Waals surface area contributed by atoms with Crippen LogP contribution in [-0.2, 0) is 0 Å². The highest BCUT2D eigenvalue weighted by molar-refractivity contribution is 7.71. The minimum Gasteiger partial charge on any atom is -0.329 e. The second-order valence-corrected chi connectivity index (χ2v) is 5.31. The molecule has 0 radical (unpaired) electrons. The average Bonchev–Trinajstić information content (AvgIpc) is 3.07. The van der Waals surface area contributed by atoms with Crippen LogP contribution in [0.1, 0.15) is 4.88 Å². The summed E-state index contributed by atoms with van der Waals surface area (Å²) in [6.45, 7) is 0. The van der Waals surface area contributed by atoms with E-state index in [2.05, 4.69) is 10.1 Å². The molecule has 0 aliphatic rings. The molecule has 5 heteroatoms. The number of thiophene rings is 1. The molecular weight excluding hydrogens is 274 g/mol. The van der Waals surface area contributed by atoms with Crippen molar-refractivity contribution in [2.45, 2.75) is 0 Å². The van der Waals surface area contributed by atoms with Crippen molar-refractivity contribution in [3.63, 3.8) is 0 Å². The first-order valence-electron chi connectivity index (χ1n) is 5.78. The van der Waals surface area contributed by atoms with Crippen molar-refractivity contribution < 1.29 is 0 Å². The van der Waals surface area contributed by atoms with Gasteiger partial charge in [0.05, 0.1) is 18.1 Å². The van der Waals surface area contributed by atoms with E-state index in [9.17, 15) is 0 Å². The summed E-state index contributed by atoms with van der Waals surface area (Å²) < 4.78 is 2.27. The van der Waals surface area contributed by atoms with E-state index in [-0.39, 0.29) is 0 Å². The molecule has 0 saturated heterocycles. The van der Waals surface area contributed by atoms with Crippen molar-refractivity contribution >= 4 is 29.8 Å². The molecule has 0 bridgehead atoms. The summed E-state index contributed by atoms with van der Waals surface area (Å²) in [7, 11) is 0. The van der Waals surface area contributed by atoms with Crippen LogP contribution in [0, 0.1) is 4.77 Å². The van der Waals surface area contributed by atoms with Gasteiger partial charge in [-0.3, -0.25) is 0 Å². The molecule has 0 fully saturated rings. The Bertz CT molecular complexity index is 737. The lowest BCUT2D eigenvalue weighted by Crippen LogP contribution is -1.86. The summed E-state index contributed by atoms with van der Waals surface area (Å²) in [4.78, 5) is 4.26. The fourth-order valence-electron chi connectivity index (χ4n) is 1.72. The third kappa shape index (κ3) is 2.72. The van der Waals surface area contributed by atoms with Gasteiger partial charge in [0.1, 0.15) is 0 Å². The van der Waals surface area contributed by atoms with Crippen molar-refractivity contribution in [2.24, 2.45) is 5.10 Å². The molecule has 19 heavy (non-hydrogen) atoms. The monoisotopic (exact) mass is 285 g/mol. The maximum absolute atomic E-state index is 5.26. The lowest BCUT2D eigenvalue weighted by Gasteiger charge is -1.94. The van der Waals surface area contributed by atoms with Gasteiger partial charge in [0.15, 0.2) is 4.77 Å². The molecular formula is C14H11N3S2. The fourth-order valence-corrected chi connectivity index (χ4v) is 2.51. The zero-order chi connectivity index (χ0) is 13.1. The quantitative estimate of drug-likeness (QED) is 0.569. The summed E-state index contributed by atoms with van der Waals surface area (Å²) in [5.41, 5.74) is 2.06. The average molecular weight is 285 g/mol. The summed E-state index contributed by atoms with van der Waals surface area (Å²) in [5, 5.41) is 6.38. The van der Waals surface area contributed by atoms with Gasteiger partial charge in [0, 0.05) is 4.88 Å². The Morgan fingerprint density at radius 1 is 1.16 bits per heavy atom. The maximum Gasteiger partial charge on any atom is 0.198 e. The second kappa shape index (κ2) is 5.34. The number of nitrogens with one attached hydrogen (secondary N) is 1. The van der Waals surface area contributed by atoms with Crippen LogP contribution in [0.5, 0.6) is 0 Å². The zero-order valence-electron chi connectivity index (χ0n) is 9.98. The number of nitrogens with zero attached hydrogens (tertiary/aromatic N) is 2. The highest BCUT2D eigenvalue weighted by Crippen LogP contribution is 2.16.